The van der Waals surface area contributed by atoms with E-state index in [1.54, 1.807) is 36.5 Å². The van der Waals surface area contributed by atoms with Crippen molar-refractivity contribution in [3.05, 3.63) is 96.5 Å². The SMILES string of the molecule is C=CC1=CC(C2=CC(F)=CC=CC2)C(=O)C(c2ccccn2)=CO1. The first kappa shape index (κ1) is 15.9. The summed E-state index contributed by atoms with van der Waals surface area (Å²) in [5.74, 6) is -0.734. The third kappa shape index (κ3) is 3.33. The number of ether oxygens (including phenoxy) is 1. The van der Waals surface area contributed by atoms with E-state index in [2.05, 4.69) is 11.6 Å². The molecule has 0 fully saturated rings. The Balaban J connectivity index is 2.05. The van der Waals surface area contributed by atoms with Gasteiger partial charge in [-0.3, -0.25) is 9.78 Å². The van der Waals surface area contributed by atoms with Gasteiger partial charge in [-0.25, -0.2) is 4.39 Å². The van der Waals surface area contributed by atoms with Gasteiger partial charge in [-0.05, 0) is 48.4 Å². The second-order valence-electron chi connectivity index (χ2n) is 5.38. The van der Waals surface area contributed by atoms with Crippen molar-refractivity contribution in [1.29, 1.82) is 0 Å². The first-order valence-corrected chi connectivity index (χ1v) is 7.58. The zero-order valence-corrected chi connectivity index (χ0v) is 13.0. The van der Waals surface area contributed by atoms with Gasteiger partial charge in [0.15, 0.2) is 5.78 Å². The molecule has 2 aliphatic rings. The van der Waals surface area contributed by atoms with E-state index in [1.807, 2.05) is 6.08 Å². The van der Waals surface area contributed by atoms with Gasteiger partial charge in [-0.15, -0.1) is 0 Å². The quantitative estimate of drug-likeness (QED) is 0.826. The minimum atomic E-state index is -0.629. The van der Waals surface area contributed by atoms with Crippen molar-refractivity contribution in [3.63, 3.8) is 0 Å². The van der Waals surface area contributed by atoms with Crippen molar-refractivity contribution in [3.8, 4) is 0 Å². The number of pyridine rings is 1. The monoisotopic (exact) mass is 321 g/mol. The summed E-state index contributed by atoms with van der Waals surface area (Å²) in [5.41, 5.74) is 1.54. The highest BCUT2D eigenvalue weighted by atomic mass is 19.1. The van der Waals surface area contributed by atoms with Crippen molar-refractivity contribution in [2.75, 3.05) is 0 Å². The van der Waals surface area contributed by atoms with Crippen LogP contribution in [0.15, 0.2) is 90.9 Å². The Labute approximate surface area is 139 Å². The van der Waals surface area contributed by atoms with E-state index >= 15 is 0 Å². The van der Waals surface area contributed by atoms with Crippen LogP contribution in [0, 0.1) is 5.92 Å². The summed E-state index contributed by atoms with van der Waals surface area (Å²) in [6, 6.07) is 5.31. The van der Waals surface area contributed by atoms with Gasteiger partial charge < -0.3 is 4.74 Å². The standard InChI is InChI=1S/C20H16FNO2/c1-2-16-12-17(14-7-3-4-8-15(21)11-14)20(23)18(13-24-16)19-9-5-6-10-22-19/h2-6,8-13,17H,1,7H2. The molecule has 1 aliphatic heterocycles. The Bertz CT molecular complexity index is 813. The fourth-order valence-electron chi connectivity index (χ4n) is 2.60. The molecular weight excluding hydrogens is 305 g/mol. The van der Waals surface area contributed by atoms with E-state index in [9.17, 15) is 9.18 Å². The van der Waals surface area contributed by atoms with E-state index in [4.69, 9.17) is 4.74 Å². The van der Waals surface area contributed by atoms with Crippen LogP contribution in [0.1, 0.15) is 12.1 Å². The average molecular weight is 321 g/mol. The smallest absolute Gasteiger partial charge is 0.179 e. The lowest BCUT2D eigenvalue weighted by molar-refractivity contribution is -0.115. The predicted octanol–water partition coefficient (Wildman–Crippen LogP) is 4.45. The molecule has 0 N–H and O–H groups in total. The van der Waals surface area contributed by atoms with Crippen molar-refractivity contribution >= 4 is 11.4 Å². The lowest BCUT2D eigenvalue weighted by atomic mass is 9.87. The van der Waals surface area contributed by atoms with Gasteiger partial charge in [-0.2, -0.15) is 0 Å². The van der Waals surface area contributed by atoms with Gasteiger partial charge >= 0.3 is 0 Å². The van der Waals surface area contributed by atoms with Gasteiger partial charge in [0.2, 0.25) is 0 Å². The minimum absolute atomic E-state index is 0.181. The number of nitrogens with zero attached hydrogens (tertiary/aromatic N) is 1. The highest BCUT2D eigenvalue weighted by Crippen LogP contribution is 2.31. The van der Waals surface area contributed by atoms with Crippen LogP contribution in [0.25, 0.3) is 5.57 Å². The van der Waals surface area contributed by atoms with E-state index < -0.39 is 5.92 Å². The maximum Gasteiger partial charge on any atom is 0.179 e. The van der Waals surface area contributed by atoms with E-state index in [0.29, 0.717) is 29.0 Å². The Morgan fingerprint density at radius 1 is 1.38 bits per heavy atom. The molecule has 0 saturated heterocycles. The molecular formula is C20H16FNO2. The number of halogens is 1. The first-order chi connectivity index (χ1) is 11.7. The predicted molar refractivity (Wildman–Crippen MR) is 91.1 cm³/mol. The molecule has 1 unspecified atom stereocenters. The number of allylic oxidation sites excluding steroid dienone is 9. The van der Waals surface area contributed by atoms with E-state index in [1.165, 1.54) is 24.5 Å². The van der Waals surface area contributed by atoms with Crippen molar-refractivity contribution in [2.45, 2.75) is 6.42 Å². The zero-order chi connectivity index (χ0) is 16.9. The number of carbonyl (C=O) groups is 1. The number of hydrogen-bond acceptors (Lipinski definition) is 3. The number of aromatic nitrogens is 1. The Morgan fingerprint density at radius 3 is 3.00 bits per heavy atom. The normalized spacial score (nSPS) is 20.7. The Kier molecular flexibility index (Phi) is 4.66. The van der Waals surface area contributed by atoms with Crippen molar-refractivity contribution in [1.82, 2.24) is 4.98 Å². The molecule has 1 aromatic heterocycles. The molecule has 1 aromatic rings. The largest absolute Gasteiger partial charge is 0.464 e. The highest BCUT2D eigenvalue weighted by Gasteiger charge is 2.28. The van der Waals surface area contributed by atoms with Crippen LogP contribution in [0.3, 0.4) is 0 Å². The summed E-state index contributed by atoms with van der Waals surface area (Å²) in [4.78, 5) is 17.3. The van der Waals surface area contributed by atoms with Crippen LogP contribution >= 0.6 is 0 Å². The van der Waals surface area contributed by atoms with Crippen LogP contribution in [0.4, 0.5) is 4.39 Å². The maximum absolute atomic E-state index is 13.8. The molecule has 3 rings (SSSR count). The van der Waals surface area contributed by atoms with Crippen LogP contribution in [0.2, 0.25) is 0 Å². The molecule has 0 aromatic carbocycles. The number of carbonyl (C=O) groups excluding carboxylic acids is 1. The summed E-state index contributed by atoms with van der Waals surface area (Å²) in [6.45, 7) is 3.69. The average Bonchev–Trinajstić information content (AvgIpc) is 2.91. The van der Waals surface area contributed by atoms with Crippen LogP contribution in [0.5, 0.6) is 0 Å². The molecule has 1 aliphatic carbocycles. The van der Waals surface area contributed by atoms with E-state index in [0.717, 1.165) is 0 Å². The Hall–Kier alpha value is -3.01. The van der Waals surface area contributed by atoms with Crippen LogP contribution in [-0.2, 0) is 9.53 Å². The fourth-order valence-corrected chi connectivity index (χ4v) is 2.60. The number of ketones is 1. The second kappa shape index (κ2) is 7.04. The van der Waals surface area contributed by atoms with Gasteiger partial charge in [0, 0.05) is 6.20 Å². The first-order valence-electron chi connectivity index (χ1n) is 7.58. The zero-order valence-electron chi connectivity index (χ0n) is 13.0. The van der Waals surface area contributed by atoms with E-state index in [-0.39, 0.29) is 11.6 Å². The minimum Gasteiger partial charge on any atom is -0.464 e. The lowest BCUT2D eigenvalue weighted by Crippen LogP contribution is -2.16. The third-order valence-corrected chi connectivity index (χ3v) is 3.80. The molecule has 2 heterocycles. The number of hydrogen-bond donors (Lipinski definition) is 0. The molecule has 1 atom stereocenters. The molecule has 0 amide bonds. The van der Waals surface area contributed by atoms with Gasteiger partial charge in [0.05, 0.1) is 17.2 Å². The third-order valence-electron chi connectivity index (χ3n) is 3.80. The fraction of sp³-hybridized carbons (Fsp3) is 0.100. The molecule has 120 valence electrons. The molecule has 4 heteroatoms. The second-order valence-corrected chi connectivity index (χ2v) is 5.38. The lowest BCUT2D eigenvalue weighted by Gasteiger charge is -2.15. The number of rotatable bonds is 3. The van der Waals surface area contributed by atoms with Gasteiger partial charge in [0.1, 0.15) is 17.8 Å². The van der Waals surface area contributed by atoms with Crippen LogP contribution in [-0.4, -0.2) is 10.8 Å². The van der Waals surface area contributed by atoms with Gasteiger partial charge in [-0.1, -0.05) is 24.8 Å². The molecule has 0 saturated carbocycles. The molecule has 3 nitrogen and oxygen atoms in total. The Morgan fingerprint density at radius 2 is 2.25 bits per heavy atom. The number of Topliss-reactive ketones (excluding diaryl/α,β-unsaturated/α-hetero) is 1. The molecule has 24 heavy (non-hydrogen) atoms. The summed E-state index contributed by atoms with van der Waals surface area (Å²) in [6.07, 6.45) is 12.9. The summed E-state index contributed by atoms with van der Waals surface area (Å²) >= 11 is 0. The van der Waals surface area contributed by atoms with Crippen molar-refractivity contribution < 1.29 is 13.9 Å². The molecule has 0 spiro atoms. The molecule has 0 radical (unpaired) electrons. The maximum atomic E-state index is 13.8. The topological polar surface area (TPSA) is 39.2 Å². The van der Waals surface area contributed by atoms with Crippen LogP contribution < -0.4 is 0 Å². The van der Waals surface area contributed by atoms with Gasteiger partial charge in [0.25, 0.3) is 0 Å². The van der Waals surface area contributed by atoms with Crippen molar-refractivity contribution in [2.24, 2.45) is 5.92 Å². The summed E-state index contributed by atoms with van der Waals surface area (Å²) in [5, 5.41) is 0. The highest BCUT2D eigenvalue weighted by molar-refractivity contribution is 6.22. The molecule has 0 bridgehead atoms. The summed E-state index contributed by atoms with van der Waals surface area (Å²) in [7, 11) is 0. The summed E-state index contributed by atoms with van der Waals surface area (Å²) < 4.78 is 19.3.